The van der Waals surface area contributed by atoms with Crippen molar-refractivity contribution in [2.75, 3.05) is 0 Å². The third-order valence-electron chi connectivity index (χ3n) is 1.50. The van der Waals surface area contributed by atoms with Crippen molar-refractivity contribution in [3.05, 3.63) is 21.9 Å². The molecule has 1 atom stereocenters. The molecule has 0 amide bonds. The van der Waals surface area contributed by atoms with E-state index in [0.29, 0.717) is 4.88 Å². The molecule has 0 radical (unpaired) electrons. The molecule has 1 aromatic heterocycles. The summed E-state index contributed by atoms with van der Waals surface area (Å²) in [5, 5.41) is 10.3. The van der Waals surface area contributed by atoms with Crippen LogP contribution >= 0.6 is 11.3 Å². The number of hydrogen-bond donors (Lipinski definition) is 1. The molecule has 0 saturated heterocycles. The number of aliphatic hydroxyl groups is 1. The molecule has 1 aromatic rings. The molecule has 1 rings (SSSR count). The number of thiophene rings is 1. The molecule has 12 heavy (non-hydrogen) atoms. The fourth-order valence-electron chi connectivity index (χ4n) is 0.855. The molecule has 5 heteroatoms. The molecular weight excluding hydrogens is 189 g/mol. The largest absolute Gasteiger partial charge is 0.418 e. The van der Waals surface area contributed by atoms with Gasteiger partial charge in [0.1, 0.15) is 0 Å². The Morgan fingerprint density at radius 1 is 1.50 bits per heavy atom. The lowest BCUT2D eigenvalue weighted by atomic mass is 10.1. The molecular formula is C7H7F3OS. The van der Waals surface area contributed by atoms with Gasteiger partial charge in [-0.05, 0) is 18.4 Å². The van der Waals surface area contributed by atoms with E-state index < -0.39 is 12.3 Å². The van der Waals surface area contributed by atoms with Gasteiger partial charge in [0.05, 0.1) is 0 Å². The normalized spacial score (nSPS) is 14.8. The fourth-order valence-corrected chi connectivity index (χ4v) is 1.59. The highest BCUT2D eigenvalue weighted by Crippen LogP contribution is 2.35. The lowest BCUT2D eigenvalue weighted by Crippen LogP contribution is -2.20. The van der Waals surface area contributed by atoms with E-state index in [-0.39, 0.29) is 5.56 Å². The van der Waals surface area contributed by atoms with E-state index in [2.05, 4.69) is 0 Å². The predicted molar refractivity (Wildman–Crippen MR) is 40.1 cm³/mol. The topological polar surface area (TPSA) is 20.2 Å². The van der Waals surface area contributed by atoms with Crippen molar-refractivity contribution in [2.24, 2.45) is 0 Å². The van der Waals surface area contributed by atoms with Gasteiger partial charge in [0.2, 0.25) is 0 Å². The van der Waals surface area contributed by atoms with Gasteiger partial charge in [-0.25, -0.2) is 0 Å². The summed E-state index contributed by atoms with van der Waals surface area (Å²) in [5.41, 5.74) is -0.0486. The summed E-state index contributed by atoms with van der Waals surface area (Å²) in [7, 11) is 0. The van der Waals surface area contributed by atoms with Crippen molar-refractivity contribution in [1.82, 2.24) is 0 Å². The first-order chi connectivity index (χ1) is 5.43. The second-order valence-electron chi connectivity index (χ2n) is 2.38. The van der Waals surface area contributed by atoms with Crippen molar-refractivity contribution < 1.29 is 18.3 Å². The molecule has 0 saturated carbocycles. The maximum Gasteiger partial charge on any atom is 0.418 e. The summed E-state index contributed by atoms with van der Waals surface area (Å²) in [4.78, 5) is 0.500. The van der Waals surface area contributed by atoms with Crippen LogP contribution in [0.25, 0.3) is 0 Å². The monoisotopic (exact) mass is 196 g/mol. The van der Waals surface area contributed by atoms with Gasteiger partial charge >= 0.3 is 6.18 Å². The first-order valence-corrected chi connectivity index (χ1v) is 4.09. The molecule has 0 aliphatic heterocycles. The SMILES string of the molecule is Cc1sccc1[C@@H](O)C(F)(F)F. The molecule has 0 unspecified atom stereocenters. The standard InChI is InChI=1S/C7H7F3OS/c1-4-5(2-3-12-4)6(11)7(8,9)10/h2-3,6,11H,1H3/t6-/m1/s1. The Morgan fingerprint density at radius 2 is 2.08 bits per heavy atom. The summed E-state index contributed by atoms with van der Waals surface area (Å²) in [6.07, 6.45) is -6.91. The van der Waals surface area contributed by atoms with Gasteiger partial charge in [-0.15, -0.1) is 11.3 Å². The lowest BCUT2D eigenvalue weighted by Gasteiger charge is -2.13. The third-order valence-corrected chi connectivity index (χ3v) is 2.37. The van der Waals surface area contributed by atoms with E-state index in [1.165, 1.54) is 22.8 Å². The summed E-state index contributed by atoms with van der Waals surface area (Å²) in [6, 6.07) is 1.29. The average Bonchev–Trinajstić information content (AvgIpc) is 2.31. The van der Waals surface area contributed by atoms with Gasteiger partial charge in [0, 0.05) is 10.4 Å². The van der Waals surface area contributed by atoms with Crippen molar-refractivity contribution in [3.8, 4) is 0 Å². The van der Waals surface area contributed by atoms with Crippen LogP contribution in [-0.2, 0) is 0 Å². The zero-order valence-electron chi connectivity index (χ0n) is 6.22. The molecule has 0 aliphatic carbocycles. The quantitative estimate of drug-likeness (QED) is 0.732. The second-order valence-corrected chi connectivity index (χ2v) is 3.50. The van der Waals surface area contributed by atoms with Gasteiger partial charge in [0.15, 0.2) is 6.10 Å². The van der Waals surface area contributed by atoms with Gasteiger partial charge in [-0.3, -0.25) is 0 Å². The highest BCUT2D eigenvalue weighted by atomic mass is 32.1. The molecule has 0 spiro atoms. The van der Waals surface area contributed by atoms with E-state index in [9.17, 15) is 13.2 Å². The third kappa shape index (κ3) is 1.78. The maximum absolute atomic E-state index is 11.9. The van der Waals surface area contributed by atoms with Crippen molar-refractivity contribution in [1.29, 1.82) is 0 Å². The Labute approximate surface area is 71.5 Å². The second kappa shape index (κ2) is 3.06. The molecule has 1 N–H and O–H groups in total. The smallest absolute Gasteiger partial charge is 0.379 e. The van der Waals surface area contributed by atoms with E-state index in [4.69, 9.17) is 5.11 Å². The van der Waals surface area contributed by atoms with Gasteiger partial charge in [-0.1, -0.05) is 0 Å². The highest BCUT2D eigenvalue weighted by molar-refractivity contribution is 7.10. The zero-order valence-corrected chi connectivity index (χ0v) is 7.04. The minimum atomic E-state index is -4.56. The van der Waals surface area contributed by atoms with Crippen LogP contribution in [0, 0.1) is 6.92 Å². The Kier molecular flexibility index (Phi) is 2.44. The molecule has 0 fully saturated rings. The maximum atomic E-state index is 11.9. The van der Waals surface area contributed by atoms with E-state index in [0.717, 1.165) is 0 Å². The van der Waals surface area contributed by atoms with E-state index in [1.54, 1.807) is 6.92 Å². The first-order valence-electron chi connectivity index (χ1n) is 3.21. The Bertz CT molecular complexity index is 266. The minimum absolute atomic E-state index is 0.0486. The van der Waals surface area contributed by atoms with Crippen LogP contribution in [0.3, 0.4) is 0 Å². The summed E-state index contributed by atoms with van der Waals surface area (Å²) >= 11 is 1.19. The van der Waals surface area contributed by atoms with Crippen LogP contribution in [0.4, 0.5) is 13.2 Å². The summed E-state index contributed by atoms with van der Waals surface area (Å²) < 4.78 is 35.8. The molecule has 1 nitrogen and oxygen atoms in total. The first kappa shape index (κ1) is 9.54. The number of rotatable bonds is 1. The van der Waals surface area contributed by atoms with Crippen LogP contribution in [-0.4, -0.2) is 11.3 Å². The lowest BCUT2D eigenvalue weighted by molar-refractivity contribution is -0.206. The molecule has 0 bridgehead atoms. The van der Waals surface area contributed by atoms with E-state index in [1.807, 2.05) is 0 Å². The van der Waals surface area contributed by atoms with Crippen LogP contribution in [0.5, 0.6) is 0 Å². The number of aliphatic hydroxyl groups excluding tert-OH is 1. The number of hydrogen-bond acceptors (Lipinski definition) is 2. The van der Waals surface area contributed by atoms with Gasteiger partial charge in [0.25, 0.3) is 0 Å². The van der Waals surface area contributed by atoms with Gasteiger partial charge < -0.3 is 5.11 Å². The minimum Gasteiger partial charge on any atom is -0.379 e. The Morgan fingerprint density at radius 3 is 2.42 bits per heavy atom. The van der Waals surface area contributed by atoms with Crippen LogP contribution in [0.2, 0.25) is 0 Å². The van der Waals surface area contributed by atoms with Gasteiger partial charge in [-0.2, -0.15) is 13.2 Å². The number of halogens is 3. The highest BCUT2D eigenvalue weighted by Gasteiger charge is 2.40. The summed E-state index contributed by atoms with van der Waals surface area (Å²) in [6.45, 7) is 1.55. The molecule has 0 aliphatic rings. The molecule has 68 valence electrons. The van der Waals surface area contributed by atoms with Crippen molar-refractivity contribution in [3.63, 3.8) is 0 Å². The molecule has 1 heterocycles. The van der Waals surface area contributed by atoms with Crippen LogP contribution in [0.15, 0.2) is 11.4 Å². The van der Waals surface area contributed by atoms with E-state index >= 15 is 0 Å². The molecule has 0 aromatic carbocycles. The van der Waals surface area contributed by atoms with Crippen molar-refractivity contribution >= 4 is 11.3 Å². The summed E-state index contributed by atoms with van der Waals surface area (Å²) in [5.74, 6) is 0. The number of alkyl halides is 3. The fraction of sp³-hybridized carbons (Fsp3) is 0.429. The van der Waals surface area contributed by atoms with Crippen LogP contribution in [0.1, 0.15) is 16.5 Å². The predicted octanol–water partition coefficient (Wildman–Crippen LogP) is 2.65. The Balaban J connectivity index is 2.92. The average molecular weight is 196 g/mol. The zero-order chi connectivity index (χ0) is 9.35. The Hall–Kier alpha value is -0.550. The number of aryl methyl sites for hydroxylation is 1. The van der Waals surface area contributed by atoms with Crippen LogP contribution < -0.4 is 0 Å². The van der Waals surface area contributed by atoms with Crippen molar-refractivity contribution in [2.45, 2.75) is 19.2 Å².